The Morgan fingerprint density at radius 2 is 1.63 bits per heavy atom. The smallest absolute Gasteiger partial charge is 0.238 e. The topological polar surface area (TPSA) is 78.4 Å². The van der Waals surface area contributed by atoms with Crippen LogP contribution in [-0.2, 0) is 16.1 Å². The van der Waals surface area contributed by atoms with E-state index >= 15 is 0 Å². The SMILES string of the molecule is O=C(NCc1ccccc1)C1(C(=O)N2CCN(c3ncccn3)CC2)CC1. The summed E-state index contributed by atoms with van der Waals surface area (Å²) in [6.07, 6.45) is 4.70. The fraction of sp³-hybridized carbons (Fsp3) is 0.400. The van der Waals surface area contributed by atoms with Crippen molar-refractivity contribution in [2.75, 3.05) is 31.1 Å². The van der Waals surface area contributed by atoms with Crippen molar-refractivity contribution >= 4 is 17.8 Å². The summed E-state index contributed by atoms with van der Waals surface area (Å²) < 4.78 is 0. The average Bonchev–Trinajstić information content (AvgIpc) is 3.55. The molecule has 1 N–H and O–H groups in total. The number of hydrogen-bond acceptors (Lipinski definition) is 5. The van der Waals surface area contributed by atoms with E-state index in [1.165, 1.54) is 0 Å². The standard InChI is InChI=1S/C20H23N5O2/c26-17(23-15-16-5-2-1-3-6-16)20(7-8-20)18(27)24-11-13-25(14-12-24)19-21-9-4-10-22-19/h1-6,9-10H,7-8,11-15H2,(H,23,26). The summed E-state index contributed by atoms with van der Waals surface area (Å²) in [7, 11) is 0. The molecule has 0 spiro atoms. The fourth-order valence-corrected chi connectivity index (χ4v) is 3.48. The van der Waals surface area contributed by atoms with Gasteiger partial charge in [-0.2, -0.15) is 0 Å². The molecule has 27 heavy (non-hydrogen) atoms. The van der Waals surface area contributed by atoms with Gasteiger partial charge in [0, 0.05) is 45.1 Å². The lowest BCUT2D eigenvalue weighted by molar-refractivity contribution is -0.144. The zero-order chi connectivity index (χ0) is 18.7. The van der Waals surface area contributed by atoms with Gasteiger partial charge >= 0.3 is 0 Å². The highest BCUT2D eigenvalue weighted by molar-refractivity contribution is 6.07. The summed E-state index contributed by atoms with van der Waals surface area (Å²) in [6, 6.07) is 11.5. The van der Waals surface area contributed by atoms with Crippen LogP contribution in [0.2, 0.25) is 0 Å². The third-order valence-electron chi connectivity index (χ3n) is 5.29. The van der Waals surface area contributed by atoms with Gasteiger partial charge in [-0.1, -0.05) is 30.3 Å². The van der Waals surface area contributed by atoms with Crippen LogP contribution in [0.25, 0.3) is 0 Å². The first kappa shape index (κ1) is 17.5. The molecule has 140 valence electrons. The summed E-state index contributed by atoms with van der Waals surface area (Å²) in [5, 5.41) is 2.94. The van der Waals surface area contributed by atoms with Gasteiger partial charge in [0.05, 0.1) is 0 Å². The second-order valence-corrected chi connectivity index (χ2v) is 7.08. The van der Waals surface area contributed by atoms with Gasteiger partial charge in [-0.25, -0.2) is 9.97 Å². The normalized spacial score (nSPS) is 18.1. The van der Waals surface area contributed by atoms with Crippen molar-refractivity contribution in [3.05, 3.63) is 54.4 Å². The summed E-state index contributed by atoms with van der Waals surface area (Å²) >= 11 is 0. The molecule has 1 saturated carbocycles. The van der Waals surface area contributed by atoms with E-state index in [-0.39, 0.29) is 11.8 Å². The van der Waals surface area contributed by atoms with E-state index in [1.54, 1.807) is 18.5 Å². The van der Waals surface area contributed by atoms with E-state index < -0.39 is 5.41 Å². The Bertz CT molecular complexity index is 800. The molecule has 1 aromatic heterocycles. The number of anilines is 1. The first-order chi connectivity index (χ1) is 13.2. The molecule has 0 atom stereocenters. The number of nitrogens with one attached hydrogen (secondary N) is 1. The molecule has 0 radical (unpaired) electrons. The number of carbonyl (C=O) groups excluding carboxylic acids is 2. The van der Waals surface area contributed by atoms with Gasteiger partial charge in [0.2, 0.25) is 17.8 Å². The van der Waals surface area contributed by atoms with Crippen LogP contribution < -0.4 is 10.2 Å². The van der Waals surface area contributed by atoms with Crippen LogP contribution in [0.15, 0.2) is 48.8 Å². The molecule has 2 aliphatic rings. The molecule has 4 rings (SSSR count). The highest BCUT2D eigenvalue weighted by atomic mass is 16.2. The Balaban J connectivity index is 1.33. The van der Waals surface area contributed by atoms with Crippen LogP contribution in [0, 0.1) is 5.41 Å². The molecule has 0 unspecified atom stereocenters. The monoisotopic (exact) mass is 365 g/mol. The molecule has 2 aromatic rings. The third kappa shape index (κ3) is 3.63. The van der Waals surface area contributed by atoms with Crippen molar-refractivity contribution < 1.29 is 9.59 Å². The van der Waals surface area contributed by atoms with Gasteiger partial charge in [0.15, 0.2) is 0 Å². The molecule has 2 amide bonds. The van der Waals surface area contributed by atoms with Gasteiger partial charge < -0.3 is 15.1 Å². The van der Waals surface area contributed by atoms with Crippen molar-refractivity contribution in [1.29, 1.82) is 0 Å². The zero-order valence-corrected chi connectivity index (χ0v) is 15.2. The van der Waals surface area contributed by atoms with E-state index in [0.29, 0.717) is 51.5 Å². The molecule has 1 aliphatic heterocycles. The first-order valence-corrected chi connectivity index (χ1v) is 9.33. The van der Waals surface area contributed by atoms with Crippen molar-refractivity contribution in [2.45, 2.75) is 19.4 Å². The van der Waals surface area contributed by atoms with Crippen LogP contribution in [0.4, 0.5) is 5.95 Å². The van der Waals surface area contributed by atoms with E-state index in [4.69, 9.17) is 0 Å². The highest BCUT2D eigenvalue weighted by Gasteiger charge is 2.58. The average molecular weight is 365 g/mol. The Labute approximate surface area is 158 Å². The lowest BCUT2D eigenvalue weighted by atomic mass is 10.0. The van der Waals surface area contributed by atoms with E-state index in [1.807, 2.05) is 35.2 Å². The molecule has 1 aliphatic carbocycles. The summed E-state index contributed by atoms with van der Waals surface area (Å²) in [5.74, 6) is 0.498. The minimum Gasteiger partial charge on any atom is -0.351 e. The van der Waals surface area contributed by atoms with Crippen molar-refractivity contribution in [3.63, 3.8) is 0 Å². The minimum atomic E-state index is -0.861. The second kappa shape index (κ2) is 7.34. The summed E-state index contributed by atoms with van der Waals surface area (Å²) in [6.45, 7) is 2.98. The molecule has 1 saturated heterocycles. The van der Waals surface area contributed by atoms with Crippen molar-refractivity contribution in [2.24, 2.45) is 5.41 Å². The van der Waals surface area contributed by atoms with Gasteiger partial charge in [-0.15, -0.1) is 0 Å². The number of nitrogens with zero attached hydrogens (tertiary/aromatic N) is 4. The second-order valence-electron chi connectivity index (χ2n) is 7.08. The molecule has 1 aromatic carbocycles. The first-order valence-electron chi connectivity index (χ1n) is 9.33. The van der Waals surface area contributed by atoms with E-state index in [9.17, 15) is 9.59 Å². The maximum atomic E-state index is 13.0. The predicted octanol–water partition coefficient (Wildman–Crippen LogP) is 1.22. The van der Waals surface area contributed by atoms with Crippen LogP contribution in [0.3, 0.4) is 0 Å². The van der Waals surface area contributed by atoms with Gasteiger partial charge in [-0.05, 0) is 24.5 Å². The van der Waals surface area contributed by atoms with Crippen molar-refractivity contribution in [3.8, 4) is 0 Å². The number of carbonyl (C=O) groups is 2. The number of rotatable bonds is 5. The van der Waals surface area contributed by atoms with Gasteiger partial charge in [-0.3, -0.25) is 9.59 Å². The van der Waals surface area contributed by atoms with Crippen LogP contribution in [0.1, 0.15) is 18.4 Å². The fourth-order valence-electron chi connectivity index (χ4n) is 3.48. The molecular weight excluding hydrogens is 342 g/mol. The molecule has 7 nitrogen and oxygen atoms in total. The lowest BCUT2D eigenvalue weighted by Crippen LogP contribution is -2.53. The predicted molar refractivity (Wildman–Crippen MR) is 101 cm³/mol. The Morgan fingerprint density at radius 1 is 0.963 bits per heavy atom. The van der Waals surface area contributed by atoms with Crippen LogP contribution in [-0.4, -0.2) is 52.9 Å². The van der Waals surface area contributed by atoms with E-state index in [0.717, 1.165) is 5.56 Å². The molecule has 0 bridgehead atoms. The molecule has 7 heteroatoms. The number of aromatic nitrogens is 2. The summed E-state index contributed by atoms with van der Waals surface area (Å²) in [4.78, 5) is 38.1. The highest BCUT2D eigenvalue weighted by Crippen LogP contribution is 2.47. The van der Waals surface area contributed by atoms with Crippen molar-refractivity contribution in [1.82, 2.24) is 20.2 Å². The quantitative estimate of drug-likeness (QED) is 0.806. The number of benzene rings is 1. The molecule has 2 heterocycles. The maximum Gasteiger partial charge on any atom is 0.238 e. The molecular formula is C20H23N5O2. The van der Waals surface area contributed by atoms with Gasteiger partial charge in [0.25, 0.3) is 0 Å². The van der Waals surface area contributed by atoms with Crippen LogP contribution in [0.5, 0.6) is 0 Å². The van der Waals surface area contributed by atoms with Crippen LogP contribution >= 0.6 is 0 Å². The maximum absolute atomic E-state index is 13.0. The summed E-state index contributed by atoms with van der Waals surface area (Å²) in [5.41, 5.74) is 0.172. The van der Waals surface area contributed by atoms with Gasteiger partial charge in [0.1, 0.15) is 5.41 Å². The minimum absolute atomic E-state index is 0.0401. The lowest BCUT2D eigenvalue weighted by Gasteiger charge is -2.36. The molecule has 2 fully saturated rings. The number of piperazine rings is 1. The van der Waals surface area contributed by atoms with E-state index in [2.05, 4.69) is 20.2 Å². The Kier molecular flexibility index (Phi) is 4.75. The number of amides is 2. The Hall–Kier alpha value is -2.96. The zero-order valence-electron chi connectivity index (χ0n) is 15.2. The Morgan fingerprint density at radius 3 is 2.26 bits per heavy atom. The largest absolute Gasteiger partial charge is 0.351 e. The third-order valence-corrected chi connectivity index (χ3v) is 5.29. The number of hydrogen-bond donors (Lipinski definition) is 1.